The SMILES string of the molecule is CC(C)(C)[Si](C)(C)O[C@H]1CCN[C@@H](C[C@@H](O)c2cccc3ccncc23)C1. The fourth-order valence-corrected chi connectivity index (χ4v) is 5.07. The maximum Gasteiger partial charge on any atom is 0.192 e. The molecule has 148 valence electrons. The van der Waals surface area contributed by atoms with Crippen molar-refractivity contribution in [1.82, 2.24) is 10.3 Å². The number of aliphatic hydroxyl groups is 1. The van der Waals surface area contributed by atoms with Crippen LogP contribution in [0.25, 0.3) is 10.8 Å². The molecule has 1 aromatic heterocycles. The van der Waals surface area contributed by atoms with Crippen LogP contribution in [0.1, 0.15) is 51.7 Å². The van der Waals surface area contributed by atoms with E-state index < -0.39 is 14.4 Å². The van der Waals surface area contributed by atoms with Crippen molar-refractivity contribution in [2.75, 3.05) is 6.54 Å². The molecule has 3 atom stereocenters. The van der Waals surface area contributed by atoms with Gasteiger partial charge < -0.3 is 14.8 Å². The molecular formula is C22H34N2O2Si. The van der Waals surface area contributed by atoms with Crippen LogP contribution >= 0.6 is 0 Å². The second-order valence-corrected chi connectivity index (χ2v) is 14.1. The van der Waals surface area contributed by atoms with E-state index in [1.807, 2.05) is 24.4 Å². The Balaban J connectivity index is 1.67. The lowest BCUT2D eigenvalue weighted by Crippen LogP contribution is -2.49. The van der Waals surface area contributed by atoms with E-state index in [2.05, 4.69) is 50.2 Å². The molecule has 1 aliphatic heterocycles. The Bertz CT molecular complexity index is 767. The fraction of sp³-hybridized carbons (Fsp3) is 0.591. The van der Waals surface area contributed by atoms with Crippen molar-refractivity contribution in [3.63, 3.8) is 0 Å². The first-order chi connectivity index (χ1) is 12.7. The van der Waals surface area contributed by atoms with Gasteiger partial charge in [0.15, 0.2) is 8.32 Å². The van der Waals surface area contributed by atoms with Crippen molar-refractivity contribution < 1.29 is 9.53 Å². The third-order valence-electron chi connectivity index (χ3n) is 6.30. The fourth-order valence-electron chi connectivity index (χ4n) is 3.67. The zero-order valence-electron chi connectivity index (χ0n) is 17.3. The highest BCUT2D eigenvalue weighted by atomic mass is 28.4. The van der Waals surface area contributed by atoms with Gasteiger partial charge in [-0.15, -0.1) is 0 Å². The molecule has 0 spiro atoms. The van der Waals surface area contributed by atoms with Crippen LogP contribution in [-0.4, -0.2) is 37.1 Å². The lowest BCUT2D eigenvalue weighted by Gasteiger charge is -2.42. The molecule has 1 aliphatic rings. The van der Waals surface area contributed by atoms with Crippen molar-refractivity contribution in [3.05, 3.63) is 42.2 Å². The number of aromatic nitrogens is 1. The van der Waals surface area contributed by atoms with Gasteiger partial charge in [0.1, 0.15) is 0 Å². The Morgan fingerprint density at radius 2 is 2.07 bits per heavy atom. The number of aliphatic hydroxyl groups excluding tert-OH is 1. The van der Waals surface area contributed by atoms with Crippen LogP contribution in [0.15, 0.2) is 36.7 Å². The van der Waals surface area contributed by atoms with Crippen molar-refractivity contribution in [2.24, 2.45) is 0 Å². The summed E-state index contributed by atoms with van der Waals surface area (Å²) in [5, 5.41) is 16.9. The number of fused-ring (bicyclic) bond motifs is 1. The van der Waals surface area contributed by atoms with Crippen molar-refractivity contribution in [2.45, 2.75) is 76.4 Å². The van der Waals surface area contributed by atoms with Crippen molar-refractivity contribution >= 4 is 19.1 Å². The molecule has 5 heteroatoms. The highest BCUT2D eigenvalue weighted by Crippen LogP contribution is 2.38. The topological polar surface area (TPSA) is 54.4 Å². The molecule has 1 saturated heterocycles. The summed E-state index contributed by atoms with van der Waals surface area (Å²) in [6.45, 7) is 12.5. The van der Waals surface area contributed by atoms with Gasteiger partial charge in [0.25, 0.3) is 0 Å². The monoisotopic (exact) mass is 386 g/mol. The van der Waals surface area contributed by atoms with Gasteiger partial charge in [-0.2, -0.15) is 0 Å². The molecule has 1 aromatic carbocycles. The predicted molar refractivity (Wildman–Crippen MR) is 114 cm³/mol. The van der Waals surface area contributed by atoms with E-state index >= 15 is 0 Å². The largest absolute Gasteiger partial charge is 0.414 e. The van der Waals surface area contributed by atoms with E-state index in [1.54, 1.807) is 6.20 Å². The molecule has 3 rings (SSSR count). The standard InChI is InChI=1S/C22H34N2O2Si/c1-22(2,3)27(4,5)26-18-10-12-24-17(13-18)14-21(25)19-8-6-7-16-9-11-23-15-20(16)19/h6-9,11,15,17-18,21,24-25H,10,12-14H2,1-5H3/t17-,18+,21-/m1/s1. The van der Waals surface area contributed by atoms with Gasteiger partial charge >= 0.3 is 0 Å². The summed E-state index contributed by atoms with van der Waals surface area (Å²) in [6, 6.07) is 8.36. The maximum absolute atomic E-state index is 10.9. The van der Waals surface area contributed by atoms with Gasteiger partial charge in [-0.05, 0) is 61.0 Å². The van der Waals surface area contributed by atoms with Crippen LogP contribution in [0.4, 0.5) is 0 Å². The lowest BCUT2D eigenvalue weighted by molar-refractivity contribution is 0.0946. The van der Waals surface area contributed by atoms with E-state index in [1.165, 1.54) is 0 Å². The van der Waals surface area contributed by atoms with Gasteiger partial charge in [0.2, 0.25) is 0 Å². The molecule has 0 bridgehead atoms. The van der Waals surface area contributed by atoms with Gasteiger partial charge in [-0.25, -0.2) is 0 Å². The minimum Gasteiger partial charge on any atom is -0.414 e. The van der Waals surface area contributed by atoms with Gasteiger partial charge in [0.05, 0.1) is 6.10 Å². The molecule has 1 fully saturated rings. The summed E-state index contributed by atoms with van der Waals surface area (Å²) < 4.78 is 6.64. The van der Waals surface area contributed by atoms with Crippen LogP contribution in [0, 0.1) is 0 Å². The third-order valence-corrected chi connectivity index (χ3v) is 10.8. The summed E-state index contributed by atoms with van der Waals surface area (Å²) in [5.74, 6) is 0. The Kier molecular flexibility index (Phi) is 6.06. The number of hydrogen-bond donors (Lipinski definition) is 2. The molecule has 0 unspecified atom stereocenters. The highest BCUT2D eigenvalue weighted by molar-refractivity contribution is 6.74. The van der Waals surface area contributed by atoms with E-state index in [-0.39, 0.29) is 11.1 Å². The minimum absolute atomic E-state index is 0.225. The van der Waals surface area contributed by atoms with E-state index in [4.69, 9.17) is 4.43 Å². The summed E-state index contributed by atoms with van der Waals surface area (Å²) in [6.07, 6.45) is 6.16. The number of rotatable bonds is 5. The normalized spacial score (nSPS) is 22.7. The summed E-state index contributed by atoms with van der Waals surface area (Å²) in [5.41, 5.74) is 0.967. The van der Waals surface area contributed by atoms with Gasteiger partial charge in [-0.3, -0.25) is 4.98 Å². The average molecular weight is 387 g/mol. The molecule has 2 heterocycles. The van der Waals surface area contributed by atoms with E-state index in [0.717, 1.165) is 35.7 Å². The molecule has 27 heavy (non-hydrogen) atoms. The van der Waals surface area contributed by atoms with Crippen LogP contribution in [0.3, 0.4) is 0 Å². The van der Waals surface area contributed by atoms with Gasteiger partial charge in [-0.1, -0.05) is 39.0 Å². The number of piperidine rings is 1. The van der Waals surface area contributed by atoms with Crippen LogP contribution < -0.4 is 5.32 Å². The number of pyridine rings is 1. The number of benzene rings is 1. The van der Waals surface area contributed by atoms with Crippen molar-refractivity contribution in [3.8, 4) is 0 Å². The van der Waals surface area contributed by atoms with Crippen LogP contribution in [0.2, 0.25) is 18.1 Å². The Morgan fingerprint density at radius 1 is 1.30 bits per heavy atom. The number of hydrogen-bond acceptors (Lipinski definition) is 4. The molecule has 0 aliphatic carbocycles. The van der Waals surface area contributed by atoms with Crippen LogP contribution in [-0.2, 0) is 4.43 Å². The first kappa shape index (κ1) is 20.5. The third kappa shape index (κ3) is 4.77. The summed E-state index contributed by atoms with van der Waals surface area (Å²) in [4.78, 5) is 4.24. The molecule has 0 amide bonds. The maximum atomic E-state index is 10.9. The zero-order valence-corrected chi connectivity index (χ0v) is 18.3. The molecule has 2 aromatic rings. The number of nitrogens with zero attached hydrogens (tertiary/aromatic N) is 1. The second-order valence-electron chi connectivity index (χ2n) is 9.37. The van der Waals surface area contributed by atoms with E-state index in [0.29, 0.717) is 12.5 Å². The quantitative estimate of drug-likeness (QED) is 0.725. The molecule has 0 saturated carbocycles. The van der Waals surface area contributed by atoms with Crippen molar-refractivity contribution in [1.29, 1.82) is 0 Å². The Labute approximate surface area is 164 Å². The molecule has 2 N–H and O–H groups in total. The highest BCUT2D eigenvalue weighted by Gasteiger charge is 2.40. The van der Waals surface area contributed by atoms with E-state index in [9.17, 15) is 5.11 Å². The van der Waals surface area contributed by atoms with Crippen LogP contribution in [0.5, 0.6) is 0 Å². The molecule has 0 radical (unpaired) electrons. The minimum atomic E-state index is -1.76. The molecular weight excluding hydrogens is 352 g/mol. The first-order valence-electron chi connectivity index (χ1n) is 10.1. The summed E-state index contributed by atoms with van der Waals surface area (Å²) >= 11 is 0. The summed E-state index contributed by atoms with van der Waals surface area (Å²) in [7, 11) is -1.76. The molecule has 4 nitrogen and oxygen atoms in total. The zero-order chi connectivity index (χ0) is 19.7. The Hall–Kier alpha value is -1.27. The average Bonchev–Trinajstić information content (AvgIpc) is 2.60. The second kappa shape index (κ2) is 8.00. The number of nitrogens with one attached hydrogen (secondary N) is 1. The predicted octanol–water partition coefficient (Wildman–Crippen LogP) is 4.80. The van der Waals surface area contributed by atoms with Gasteiger partial charge in [0, 0.05) is 29.9 Å². The Morgan fingerprint density at radius 3 is 2.81 bits per heavy atom. The lowest BCUT2D eigenvalue weighted by atomic mass is 9.92. The smallest absolute Gasteiger partial charge is 0.192 e. The first-order valence-corrected chi connectivity index (χ1v) is 13.0.